The van der Waals surface area contributed by atoms with Gasteiger partial charge in [0.25, 0.3) is 0 Å². The second kappa shape index (κ2) is 51.2. The Balaban J connectivity index is 1.46. The number of aliphatic hydroxyl groups excluding tert-OH is 11. The number of aliphatic hydroxyl groups is 11. The van der Waals surface area contributed by atoms with Gasteiger partial charge in [-0.25, -0.2) is 0 Å². The van der Waals surface area contributed by atoms with Crippen molar-refractivity contribution in [1.29, 1.82) is 0 Å². The highest BCUT2D eigenvalue weighted by atomic mass is 16.8. The van der Waals surface area contributed by atoms with Crippen LogP contribution in [0.3, 0.4) is 0 Å². The first-order valence-electron chi connectivity index (χ1n) is 34.9. The summed E-state index contributed by atoms with van der Waals surface area (Å²) in [6.45, 7) is 1.73. The Labute approximate surface area is 529 Å². The number of allylic oxidation sites excluding steroid dienone is 7. The highest BCUT2D eigenvalue weighted by Crippen LogP contribution is 2.33. The molecule has 0 aliphatic carbocycles. The van der Waals surface area contributed by atoms with Crippen LogP contribution in [0.25, 0.3) is 0 Å². The zero-order valence-corrected chi connectivity index (χ0v) is 54.2. The highest BCUT2D eigenvalue weighted by molar-refractivity contribution is 5.76. The van der Waals surface area contributed by atoms with Gasteiger partial charge in [-0.3, -0.25) is 4.79 Å². The average molecular weight is 1260 g/mol. The molecule has 1 amide bonds. The SMILES string of the molecule is CCCCCCC/C=C\C/C=C\C/C=C\CCCCCCCCC(=O)NC(COC1OC(CO)C(OC2OC(CO)C(OC3OC(CO)C(O)C(O)C3O)C(O)C2O)C(O)C1O)C(O)/C=C/CCCCCCCCCCCCCCCCCCCCCC. The van der Waals surface area contributed by atoms with E-state index in [2.05, 4.69) is 55.6 Å². The highest BCUT2D eigenvalue weighted by Gasteiger charge is 2.53. The van der Waals surface area contributed by atoms with Crippen LogP contribution < -0.4 is 5.32 Å². The molecule has 3 heterocycles. The molecule has 17 unspecified atom stereocenters. The smallest absolute Gasteiger partial charge is 0.220 e. The maximum absolute atomic E-state index is 13.4. The van der Waals surface area contributed by atoms with E-state index in [1.165, 1.54) is 148 Å². The van der Waals surface area contributed by atoms with Crippen LogP contribution in [0.1, 0.15) is 251 Å². The van der Waals surface area contributed by atoms with E-state index < -0.39 is 124 Å². The Morgan fingerprint density at radius 3 is 1.17 bits per heavy atom. The van der Waals surface area contributed by atoms with Crippen molar-refractivity contribution < 1.29 is 89.4 Å². The Hall–Kier alpha value is -2.25. The number of carbonyl (C=O) groups excluding carboxylic acids is 1. The van der Waals surface area contributed by atoms with Crippen molar-refractivity contribution in [3.05, 3.63) is 48.6 Å². The second-order valence-corrected chi connectivity index (χ2v) is 25.0. The van der Waals surface area contributed by atoms with Gasteiger partial charge >= 0.3 is 0 Å². The predicted molar refractivity (Wildman–Crippen MR) is 342 cm³/mol. The monoisotopic (exact) mass is 1260 g/mol. The summed E-state index contributed by atoms with van der Waals surface area (Å²) >= 11 is 0. The van der Waals surface area contributed by atoms with Crippen molar-refractivity contribution >= 4 is 5.91 Å². The second-order valence-electron chi connectivity index (χ2n) is 25.0. The van der Waals surface area contributed by atoms with E-state index in [-0.39, 0.29) is 18.9 Å². The van der Waals surface area contributed by atoms with Crippen LogP contribution in [-0.4, -0.2) is 193 Å². The molecule has 17 atom stereocenters. The van der Waals surface area contributed by atoms with Gasteiger partial charge in [0, 0.05) is 6.42 Å². The fourth-order valence-electron chi connectivity index (χ4n) is 11.7. The van der Waals surface area contributed by atoms with Crippen molar-refractivity contribution in [3.8, 4) is 0 Å². The topological polar surface area (TPSA) is 307 Å². The van der Waals surface area contributed by atoms with Gasteiger partial charge in [0.1, 0.15) is 73.2 Å². The largest absolute Gasteiger partial charge is 0.394 e. The molecule has 88 heavy (non-hydrogen) atoms. The van der Waals surface area contributed by atoms with Gasteiger partial charge in [-0.2, -0.15) is 0 Å². The van der Waals surface area contributed by atoms with Crippen molar-refractivity contribution in [3.63, 3.8) is 0 Å². The zero-order chi connectivity index (χ0) is 64.0. The molecule has 514 valence electrons. The van der Waals surface area contributed by atoms with E-state index in [9.17, 15) is 61.0 Å². The molecular weight excluding hydrogens is 1130 g/mol. The molecule has 3 saturated heterocycles. The third-order valence-electron chi connectivity index (χ3n) is 17.4. The molecule has 0 aromatic heterocycles. The van der Waals surface area contributed by atoms with Crippen molar-refractivity contribution in [2.45, 2.75) is 356 Å². The minimum atomic E-state index is -1.98. The first kappa shape index (κ1) is 80.0. The third kappa shape index (κ3) is 33.0. The molecule has 3 aliphatic heterocycles. The summed E-state index contributed by atoms with van der Waals surface area (Å²) in [5.74, 6) is -0.287. The number of hydrogen-bond donors (Lipinski definition) is 12. The van der Waals surface area contributed by atoms with E-state index >= 15 is 0 Å². The van der Waals surface area contributed by atoms with Crippen LogP contribution in [0.5, 0.6) is 0 Å². The first-order valence-corrected chi connectivity index (χ1v) is 34.9. The quantitative estimate of drug-likeness (QED) is 0.0200. The van der Waals surface area contributed by atoms with Gasteiger partial charge < -0.3 is 89.9 Å². The summed E-state index contributed by atoms with van der Waals surface area (Å²) in [7, 11) is 0. The lowest BCUT2D eigenvalue weighted by Gasteiger charge is -2.48. The summed E-state index contributed by atoms with van der Waals surface area (Å²) < 4.78 is 34.3. The van der Waals surface area contributed by atoms with Crippen molar-refractivity contribution in [1.82, 2.24) is 5.32 Å². The molecule has 12 N–H and O–H groups in total. The number of carbonyl (C=O) groups is 1. The first-order chi connectivity index (χ1) is 42.8. The van der Waals surface area contributed by atoms with Crippen molar-refractivity contribution in [2.24, 2.45) is 0 Å². The minimum Gasteiger partial charge on any atom is -0.394 e. The Morgan fingerprint density at radius 2 is 0.750 bits per heavy atom. The molecule has 0 bridgehead atoms. The van der Waals surface area contributed by atoms with Gasteiger partial charge in [0.05, 0.1) is 38.6 Å². The van der Waals surface area contributed by atoms with E-state index in [1.54, 1.807) is 6.08 Å². The van der Waals surface area contributed by atoms with Crippen LogP contribution in [0.4, 0.5) is 0 Å². The molecule has 3 rings (SSSR count). The van der Waals surface area contributed by atoms with Crippen LogP contribution in [-0.2, 0) is 33.2 Å². The van der Waals surface area contributed by atoms with Crippen molar-refractivity contribution in [2.75, 3.05) is 26.4 Å². The molecule has 3 fully saturated rings. The fraction of sp³-hybridized carbons (Fsp3) is 0.870. The molecule has 0 aromatic rings. The maximum Gasteiger partial charge on any atom is 0.220 e. The lowest BCUT2D eigenvalue weighted by Crippen LogP contribution is -2.66. The molecule has 0 radical (unpaired) electrons. The van der Waals surface area contributed by atoms with Gasteiger partial charge in [-0.1, -0.05) is 236 Å². The minimum absolute atomic E-state index is 0.228. The Morgan fingerprint density at radius 1 is 0.409 bits per heavy atom. The lowest BCUT2D eigenvalue weighted by atomic mass is 9.96. The normalized spacial score (nSPS) is 28.7. The standard InChI is InChI=1S/C69H125NO18/c1-3-5-7-9-11-13-15-17-19-21-23-25-27-28-30-32-34-36-38-40-42-44-46-53(74)52(70-57(75)47-45-43-41-39-37-35-33-31-29-26-24-22-20-18-16-14-12-10-8-6-4-2)51-83-67-63(81)60(78)65(55(49-72)85-67)88-69-64(82)61(79)66(56(50-73)86-69)87-68-62(80)59(77)58(76)54(48-71)84-68/h16,18,22,24,29,31,44,46,52-56,58-69,71-74,76-82H,3-15,17,19-21,23,25-28,30,32-43,45,47-51H2,1-2H3,(H,70,75)/b18-16-,24-22-,31-29-,46-44+. The molecule has 19 nitrogen and oxygen atoms in total. The predicted octanol–water partition coefficient (Wildman–Crippen LogP) is 9.00. The molecular formula is C69H125NO18. The summed E-state index contributed by atoms with van der Waals surface area (Å²) in [6, 6.07) is -0.982. The van der Waals surface area contributed by atoms with E-state index in [1.807, 2.05) is 6.08 Å². The molecule has 3 aliphatic rings. The molecule has 0 saturated carbocycles. The lowest BCUT2D eigenvalue weighted by molar-refractivity contribution is -0.379. The molecule has 19 heteroatoms. The fourth-order valence-corrected chi connectivity index (χ4v) is 11.7. The van der Waals surface area contributed by atoms with Crippen LogP contribution >= 0.6 is 0 Å². The maximum atomic E-state index is 13.4. The van der Waals surface area contributed by atoms with E-state index in [0.717, 1.165) is 77.0 Å². The van der Waals surface area contributed by atoms with Gasteiger partial charge in [0.2, 0.25) is 5.91 Å². The summed E-state index contributed by atoms with van der Waals surface area (Å²) in [4.78, 5) is 13.4. The van der Waals surface area contributed by atoms with Crippen LogP contribution in [0, 0.1) is 0 Å². The number of amides is 1. The van der Waals surface area contributed by atoms with E-state index in [0.29, 0.717) is 6.42 Å². The van der Waals surface area contributed by atoms with Crippen LogP contribution in [0.15, 0.2) is 48.6 Å². The number of nitrogens with one attached hydrogen (secondary N) is 1. The number of unbranched alkanes of at least 4 members (excludes halogenated alkanes) is 31. The van der Waals surface area contributed by atoms with Gasteiger partial charge in [0.15, 0.2) is 18.9 Å². The van der Waals surface area contributed by atoms with Gasteiger partial charge in [-0.15, -0.1) is 0 Å². The third-order valence-corrected chi connectivity index (χ3v) is 17.4. The van der Waals surface area contributed by atoms with E-state index in [4.69, 9.17) is 28.4 Å². The number of ether oxygens (including phenoxy) is 6. The number of rotatable bonds is 53. The zero-order valence-electron chi connectivity index (χ0n) is 54.2. The molecule has 0 spiro atoms. The average Bonchev–Trinajstić information content (AvgIpc) is 3.72. The summed E-state index contributed by atoms with van der Waals surface area (Å²) in [6.07, 6.45) is 33.6. The summed E-state index contributed by atoms with van der Waals surface area (Å²) in [5.41, 5.74) is 0. The Kier molecular flexibility index (Phi) is 46.5. The number of hydrogen-bond acceptors (Lipinski definition) is 18. The Bertz CT molecular complexity index is 1790. The van der Waals surface area contributed by atoms with Gasteiger partial charge in [-0.05, 0) is 57.8 Å². The van der Waals surface area contributed by atoms with Crippen LogP contribution in [0.2, 0.25) is 0 Å². The summed E-state index contributed by atoms with van der Waals surface area (Å²) in [5, 5.41) is 121. The molecule has 0 aromatic carbocycles.